The molecule has 210 valence electrons. The van der Waals surface area contributed by atoms with Crippen LogP contribution in [-0.2, 0) is 11.2 Å². The highest BCUT2D eigenvalue weighted by Crippen LogP contribution is 2.41. The van der Waals surface area contributed by atoms with Crippen LogP contribution in [0, 0.1) is 25.2 Å². The van der Waals surface area contributed by atoms with Gasteiger partial charge in [0.15, 0.2) is 0 Å². The van der Waals surface area contributed by atoms with Crippen LogP contribution in [0.5, 0.6) is 0 Å². The third-order valence-electron chi connectivity index (χ3n) is 8.77. The van der Waals surface area contributed by atoms with Crippen LogP contribution in [0.25, 0.3) is 22.2 Å². The first-order chi connectivity index (χ1) is 19.2. The molecule has 2 heterocycles. The zero-order valence-corrected chi connectivity index (χ0v) is 25.3. The maximum atomic E-state index is 14.4. The van der Waals surface area contributed by atoms with Gasteiger partial charge in [-0.1, -0.05) is 75.2 Å². The van der Waals surface area contributed by atoms with Gasteiger partial charge in [0.2, 0.25) is 5.91 Å². The number of aryl methyl sites for hydroxylation is 2. The molecule has 0 bridgehead atoms. The number of amides is 1. The fraction of sp³-hybridized carbons (Fsp3) is 0.429. The van der Waals surface area contributed by atoms with E-state index in [-0.39, 0.29) is 17.4 Å². The molecule has 4 aromatic rings. The predicted molar refractivity (Wildman–Crippen MR) is 167 cm³/mol. The first kappa shape index (κ1) is 28.4. The Morgan fingerprint density at radius 1 is 1.07 bits per heavy atom. The lowest BCUT2D eigenvalue weighted by molar-refractivity contribution is -0.144. The first-order valence-corrected chi connectivity index (χ1v) is 15.2. The highest BCUT2D eigenvalue weighted by Gasteiger charge is 2.40. The summed E-state index contributed by atoms with van der Waals surface area (Å²) in [5.74, 6) is 1.17. The Morgan fingerprint density at radius 3 is 2.62 bits per heavy atom. The molecule has 5 rings (SSSR count). The Morgan fingerprint density at radius 2 is 1.85 bits per heavy atom. The van der Waals surface area contributed by atoms with Crippen LogP contribution in [0.2, 0.25) is 5.02 Å². The fourth-order valence-corrected chi connectivity index (χ4v) is 6.76. The van der Waals surface area contributed by atoms with Crippen molar-refractivity contribution in [1.29, 1.82) is 0 Å². The second kappa shape index (κ2) is 11.8. The highest BCUT2D eigenvalue weighted by molar-refractivity contribution is 6.30. The van der Waals surface area contributed by atoms with Crippen LogP contribution >= 0.6 is 11.6 Å². The van der Waals surface area contributed by atoms with E-state index in [1.807, 2.05) is 25.1 Å². The molecule has 2 unspecified atom stereocenters. The van der Waals surface area contributed by atoms with E-state index in [0.29, 0.717) is 5.91 Å². The Bertz CT molecular complexity index is 1500. The van der Waals surface area contributed by atoms with Gasteiger partial charge in [0.25, 0.3) is 0 Å². The summed E-state index contributed by atoms with van der Waals surface area (Å²) < 4.78 is 0. The quantitative estimate of drug-likeness (QED) is 0.235. The van der Waals surface area contributed by atoms with Gasteiger partial charge in [-0.3, -0.25) is 4.79 Å². The zero-order chi connectivity index (χ0) is 28.4. The maximum Gasteiger partial charge on any atom is 0.226 e. The number of nitrogens with zero attached hydrogens (tertiary/aromatic N) is 2. The SMILES string of the molecule is CCCC(C(=O)N1CCCCC1c1cccc(Cl)c1)C(C)(C)Cc1cc(-c2ccc3nc(C)[nH]c3c2)ccc1C. The average Bonchev–Trinajstić information content (AvgIpc) is 3.31. The third kappa shape index (κ3) is 5.98. The van der Waals surface area contributed by atoms with Crippen molar-refractivity contribution in [1.82, 2.24) is 14.9 Å². The van der Waals surface area contributed by atoms with Crippen LogP contribution in [0.3, 0.4) is 0 Å². The molecular weight excluding hydrogens is 514 g/mol. The average molecular weight is 556 g/mol. The van der Waals surface area contributed by atoms with Gasteiger partial charge in [0.1, 0.15) is 5.82 Å². The van der Waals surface area contributed by atoms with Crippen molar-refractivity contribution < 1.29 is 4.79 Å². The molecule has 5 heteroatoms. The summed E-state index contributed by atoms with van der Waals surface area (Å²) in [6.07, 6.45) is 5.91. The van der Waals surface area contributed by atoms with Gasteiger partial charge in [0.05, 0.1) is 17.1 Å². The van der Waals surface area contributed by atoms with Crippen LogP contribution in [0.1, 0.15) is 81.4 Å². The first-order valence-electron chi connectivity index (χ1n) is 14.8. The monoisotopic (exact) mass is 555 g/mol. The molecule has 2 atom stereocenters. The molecule has 1 amide bonds. The van der Waals surface area contributed by atoms with Crippen LogP contribution in [0.15, 0.2) is 60.7 Å². The topological polar surface area (TPSA) is 49.0 Å². The third-order valence-corrected chi connectivity index (χ3v) is 9.00. The van der Waals surface area contributed by atoms with Gasteiger partial charge in [-0.2, -0.15) is 0 Å². The highest BCUT2D eigenvalue weighted by atomic mass is 35.5. The number of piperidine rings is 1. The Labute approximate surface area is 244 Å². The van der Waals surface area contributed by atoms with Crippen LogP contribution < -0.4 is 0 Å². The molecular formula is C35H42ClN3O. The summed E-state index contributed by atoms with van der Waals surface area (Å²) in [6.45, 7) is 11.8. The van der Waals surface area contributed by atoms with Crippen molar-refractivity contribution in [3.05, 3.63) is 88.2 Å². The van der Waals surface area contributed by atoms with Crippen molar-refractivity contribution in [2.75, 3.05) is 6.54 Å². The van der Waals surface area contributed by atoms with Crippen LogP contribution in [-0.4, -0.2) is 27.3 Å². The number of aromatic nitrogens is 2. The van der Waals surface area contributed by atoms with E-state index in [1.165, 1.54) is 22.3 Å². The number of carbonyl (C=O) groups is 1. The minimum atomic E-state index is -0.197. The van der Waals surface area contributed by atoms with Gasteiger partial charge in [0, 0.05) is 17.5 Å². The molecule has 0 radical (unpaired) electrons. The molecule has 1 fully saturated rings. The smallest absolute Gasteiger partial charge is 0.226 e. The number of imidazole rings is 1. The predicted octanol–water partition coefficient (Wildman–Crippen LogP) is 9.24. The molecule has 1 aliphatic rings. The normalized spacial score (nSPS) is 16.9. The molecule has 0 spiro atoms. The zero-order valence-electron chi connectivity index (χ0n) is 24.6. The van der Waals surface area contributed by atoms with E-state index in [2.05, 4.69) is 85.0 Å². The van der Waals surface area contributed by atoms with Gasteiger partial charge in [-0.25, -0.2) is 4.98 Å². The minimum Gasteiger partial charge on any atom is -0.342 e. The Balaban J connectivity index is 1.42. The number of fused-ring (bicyclic) bond motifs is 1. The summed E-state index contributed by atoms with van der Waals surface area (Å²) in [5.41, 5.74) is 7.95. The van der Waals surface area contributed by atoms with E-state index >= 15 is 0 Å². The number of hydrogen-bond acceptors (Lipinski definition) is 2. The van der Waals surface area contributed by atoms with Gasteiger partial charge in [-0.05, 0) is 103 Å². The van der Waals surface area contributed by atoms with Crippen LogP contribution in [0.4, 0.5) is 0 Å². The molecule has 1 saturated heterocycles. The number of hydrogen-bond donors (Lipinski definition) is 1. The van der Waals surface area contributed by atoms with Gasteiger partial charge >= 0.3 is 0 Å². The molecule has 4 nitrogen and oxygen atoms in total. The standard InChI is InChI=1S/C35H42ClN3O/c1-6-10-30(34(40)39-18-8-7-13-33(39)27-11-9-12-29(36)20-27)35(4,5)22-28-19-25(15-14-23(28)2)26-16-17-31-32(21-26)38-24(3)37-31/h9,11-12,14-17,19-21,30,33H,6-8,10,13,18,22H2,1-5H3,(H,37,38). The number of rotatable bonds is 8. The van der Waals surface area contributed by atoms with E-state index in [1.54, 1.807) is 0 Å². The Hall–Kier alpha value is -3.11. The molecule has 1 N–H and O–H groups in total. The summed E-state index contributed by atoms with van der Waals surface area (Å²) >= 11 is 6.36. The second-order valence-electron chi connectivity index (χ2n) is 12.3. The lowest BCUT2D eigenvalue weighted by Crippen LogP contribution is -2.46. The molecule has 0 saturated carbocycles. The number of aromatic amines is 1. The van der Waals surface area contributed by atoms with Crippen molar-refractivity contribution >= 4 is 28.5 Å². The van der Waals surface area contributed by atoms with E-state index in [4.69, 9.17) is 11.6 Å². The maximum absolute atomic E-state index is 14.4. The van der Waals surface area contributed by atoms with Crippen molar-refractivity contribution in [2.24, 2.45) is 11.3 Å². The second-order valence-corrected chi connectivity index (χ2v) is 12.7. The summed E-state index contributed by atoms with van der Waals surface area (Å²) in [5, 5.41) is 0.734. The molecule has 0 aliphatic carbocycles. The minimum absolute atomic E-state index is 0.0512. The summed E-state index contributed by atoms with van der Waals surface area (Å²) in [6, 6.07) is 21.3. The number of nitrogens with one attached hydrogen (secondary N) is 1. The number of likely N-dealkylation sites (tertiary alicyclic amines) is 1. The lowest BCUT2D eigenvalue weighted by Gasteiger charge is -2.42. The van der Waals surface area contributed by atoms with Gasteiger partial charge < -0.3 is 9.88 Å². The number of halogens is 1. The fourth-order valence-electron chi connectivity index (χ4n) is 6.57. The summed E-state index contributed by atoms with van der Waals surface area (Å²) in [4.78, 5) is 24.5. The molecule has 40 heavy (non-hydrogen) atoms. The molecule has 1 aromatic heterocycles. The van der Waals surface area contributed by atoms with E-state index in [9.17, 15) is 4.79 Å². The number of H-pyrrole nitrogens is 1. The summed E-state index contributed by atoms with van der Waals surface area (Å²) in [7, 11) is 0. The van der Waals surface area contributed by atoms with Crippen molar-refractivity contribution in [3.8, 4) is 11.1 Å². The van der Waals surface area contributed by atoms with Gasteiger partial charge in [-0.15, -0.1) is 0 Å². The molecule has 1 aliphatic heterocycles. The number of carbonyl (C=O) groups excluding carboxylic acids is 1. The van der Waals surface area contributed by atoms with Crippen molar-refractivity contribution in [2.45, 2.75) is 79.2 Å². The van der Waals surface area contributed by atoms with E-state index in [0.717, 1.165) is 72.5 Å². The number of benzene rings is 3. The largest absolute Gasteiger partial charge is 0.342 e. The lowest BCUT2D eigenvalue weighted by atomic mass is 9.70. The van der Waals surface area contributed by atoms with Crippen molar-refractivity contribution in [3.63, 3.8) is 0 Å². The van der Waals surface area contributed by atoms with E-state index < -0.39 is 0 Å². The Kier molecular flexibility index (Phi) is 8.37. The molecule has 3 aromatic carbocycles.